The van der Waals surface area contributed by atoms with Crippen molar-refractivity contribution >= 4 is 27.3 Å². The first-order valence-corrected chi connectivity index (χ1v) is 10.2. The fourth-order valence-electron chi connectivity index (χ4n) is 3.48. The highest BCUT2D eigenvalue weighted by molar-refractivity contribution is 7.20. The standard InChI is InChI=1S/C23H13F2N3O3S/c24-13-7-8-16-17(10-13)32-23(27-16)28-19(14-5-1-2-6-15(14)25)18(21(30)22(28)31)20(29)12-4-3-9-26-11-12/h1-11,30-31H. The molecule has 5 rings (SSSR count). The van der Waals surface area contributed by atoms with E-state index in [-0.39, 0.29) is 27.5 Å². The number of carbonyl (C=O) groups excluding carboxylic acids is 1. The Bertz CT molecular complexity index is 1500. The predicted octanol–water partition coefficient (Wildman–Crippen LogP) is 5.07. The molecule has 32 heavy (non-hydrogen) atoms. The molecule has 2 N–H and O–H groups in total. The van der Waals surface area contributed by atoms with Gasteiger partial charge in [0.2, 0.25) is 11.7 Å². The summed E-state index contributed by atoms with van der Waals surface area (Å²) in [7, 11) is 0. The minimum absolute atomic E-state index is 0.0271. The summed E-state index contributed by atoms with van der Waals surface area (Å²) in [5.41, 5.74) is 0.181. The number of ketones is 1. The van der Waals surface area contributed by atoms with Crippen LogP contribution in [0.5, 0.6) is 11.6 Å². The van der Waals surface area contributed by atoms with Crippen molar-refractivity contribution in [3.8, 4) is 28.0 Å². The van der Waals surface area contributed by atoms with E-state index in [1.54, 1.807) is 12.1 Å². The lowest BCUT2D eigenvalue weighted by Gasteiger charge is -2.10. The number of rotatable bonds is 4. The predicted molar refractivity (Wildman–Crippen MR) is 115 cm³/mol. The molecular formula is C23H13F2N3O3S. The second-order valence-corrected chi connectivity index (χ2v) is 7.90. The third-order valence-corrected chi connectivity index (χ3v) is 5.93. The Hall–Kier alpha value is -4.11. The van der Waals surface area contributed by atoms with Gasteiger partial charge in [-0.1, -0.05) is 23.5 Å². The zero-order valence-electron chi connectivity index (χ0n) is 16.2. The van der Waals surface area contributed by atoms with Crippen LogP contribution in [0.3, 0.4) is 0 Å². The molecule has 0 aliphatic rings. The zero-order valence-corrected chi connectivity index (χ0v) is 17.0. The van der Waals surface area contributed by atoms with Gasteiger partial charge in [0.25, 0.3) is 0 Å². The maximum absolute atomic E-state index is 14.8. The van der Waals surface area contributed by atoms with Crippen LogP contribution in [0, 0.1) is 11.6 Å². The van der Waals surface area contributed by atoms with Gasteiger partial charge in [0.05, 0.1) is 21.5 Å². The second kappa shape index (κ2) is 7.54. The van der Waals surface area contributed by atoms with Gasteiger partial charge in [0, 0.05) is 23.5 Å². The van der Waals surface area contributed by atoms with E-state index >= 15 is 0 Å². The quantitative estimate of drug-likeness (QED) is 0.374. The van der Waals surface area contributed by atoms with Crippen LogP contribution in [0.15, 0.2) is 67.0 Å². The molecule has 3 heterocycles. The molecule has 0 saturated carbocycles. The van der Waals surface area contributed by atoms with Crippen molar-refractivity contribution in [3.05, 3.63) is 89.8 Å². The first-order chi connectivity index (χ1) is 15.5. The van der Waals surface area contributed by atoms with Crippen LogP contribution in [0.1, 0.15) is 15.9 Å². The summed E-state index contributed by atoms with van der Waals surface area (Å²) in [5.74, 6) is -3.19. The summed E-state index contributed by atoms with van der Waals surface area (Å²) < 4.78 is 30.1. The Morgan fingerprint density at radius 3 is 2.59 bits per heavy atom. The molecule has 9 heteroatoms. The normalized spacial score (nSPS) is 11.2. The number of fused-ring (bicyclic) bond motifs is 1. The van der Waals surface area contributed by atoms with Crippen molar-refractivity contribution < 1.29 is 23.8 Å². The maximum Gasteiger partial charge on any atom is 0.242 e. The molecular weight excluding hydrogens is 436 g/mol. The lowest BCUT2D eigenvalue weighted by molar-refractivity contribution is 0.103. The first kappa shape index (κ1) is 19.8. The largest absolute Gasteiger partial charge is 0.503 e. The monoisotopic (exact) mass is 449 g/mol. The van der Waals surface area contributed by atoms with E-state index in [4.69, 9.17) is 0 Å². The van der Waals surface area contributed by atoms with Crippen molar-refractivity contribution in [3.63, 3.8) is 0 Å². The van der Waals surface area contributed by atoms with E-state index in [9.17, 15) is 23.8 Å². The molecule has 0 fully saturated rings. The number of hydrogen-bond acceptors (Lipinski definition) is 6. The molecule has 0 bridgehead atoms. The zero-order chi connectivity index (χ0) is 22.4. The number of halogens is 2. The number of aromatic hydroxyl groups is 2. The van der Waals surface area contributed by atoms with Crippen molar-refractivity contribution in [1.29, 1.82) is 0 Å². The molecule has 0 aliphatic carbocycles. The van der Waals surface area contributed by atoms with Crippen LogP contribution in [-0.4, -0.2) is 30.5 Å². The van der Waals surface area contributed by atoms with E-state index in [1.807, 2.05) is 0 Å². The van der Waals surface area contributed by atoms with Gasteiger partial charge in [-0.2, -0.15) is 0 Å². The van der Waals surface area contributed by atoms with E-state index in [0.29, 0.717) is 10.2 Å². The molecule has 6 nitrogen and oxygen atoms in total. The summed E-state index contributed by atoms with van der Waals surface area (Å²) in [6, 6.07) is 12.7. The van der Waals surface area contributed by atoms with Gasteiger partial charge in [0.1, 0.15) is 11.6 Å². The SMILES string of the molecule is O=C(c1cccnc1)c1c(O)c(O)n(-c2nc3ccc(F)cc3s2)c1-c1ccccc1F. The number of nitrogens with zero attached hydrogens (tertiary/aromatic N) is 3. The van der Waals surface area contributed by atoms with Gasteiger partial charge in [-0.15, -0.1) is 0 Å². The van der Waals surface area contributed by atoms with E-state index in [1.165, 1.54) is 54.9 Å². The average Bonchev–Trinajstić information content (AvgIpc) is 3.32. The molecule has 2 aromatic carbocycles. The second-order valence-electron chi connectivity index (χ2n) is 6.89. The van der Waals surface area contributed by atoms with Crippen molar-refractivity contribution in [1.82, 2.24) is 14.5 Å². The van der Waals surface area contributed by atoms with E-state index in [2.05, 4.69) is 9.97 Å². The highest BCUT2D eigenvalue weighted by atomic mass is 32.1. The lowest BCUT2D eigenvalue weighted by atomic mass is 10.00. The highest BCUT2D eigenvalue weighted by Crippen LogP contribution is 2.45. The topological polar surface area (TPSA) is 88.2 Å². The maximum atomic E-state index is 14.8. The van der Waals surface area contributed by atoms with Crippen molar-refractivity contribution in [2.45, 2.75) is 0 Å². The van der Waals surface area contributed by atoms with Crippen LogP contribution in [0.4, 0.5) is 8.78 Å². The minimum atomic E-state index is -0.720. The number of thiazole rings is 1. The summed E-state index contributed by atoms with van der Waals surface area (Å²) in [4.78, 5) is 21.6. The summed E-state index contributed by atoms with van der Waals surface area (Å²) in [6.45, 7) is 0. The highest BCUT2D eigenvalue weighted by Gasteiger charge is 2.32. The molecule has 3 aromatic heterocycles. The third kappa shape index (κ3) is 3.10. The van der Waals surface area contributed by atoms with Crippen LogP contribution in [0.2, 0.25) is 0 Å². The van der Waals surface area contributed by atoms with Crippen molar-refractivity contribution in [2.24, 2.45) is 0 Å². The molecule has 0 aliphatic heterocycles. The average molecular weight is 449 g/mol. The summed E-state index contributed by atoms with van der Waals surface area (Å²) in [6.07, 6.45) is 2.79. The molecule has 0 amide bonds. The Morgan fingerprint density at radius 2 is 1.84 bits per heavy atom. The number of carbonyl (C=O) groups is 1. The van der Waals surface area contributed by atoms with E-state index < -0.39 is 29.0 Å². The fourth-order valence-corrected chi connectivity index (χ4v) is 4.48. The van der Waals surface area contributed by atoms with Crippen LogP contribution >= 0.6 is 11.3 Å². The van der Waals surface area contributed by atoms with Gasteiger partial charge in [-0.25, -0.2) is 13.8 Å². The van der Waals surface area contributed by atoms with Crippen molar-refractivity contribution in [2.75, 3.05) is 0 Å². The van der Waals surface area contributed by atoms with Crippen LogP contribution in [0.25, 0.3) is 26.6 Å². The first-order valence-electron chi connectivity index (χ1n) is 9.38. The van der Waals surface area contributed by atoms with Gasteiger partial charge in [-0.05, 0) is 42.5 Å². The Morgan fingerprint density at radius 1 is 1.03 bits per heavy atom. The molecule has 0 saturated heterocycles. The van der Waals surface area contributed by atoms with Crippen LogP contribution < -0.4 is 0 Å². The third-order valence-electron chi connectivity index (χ3n) is 4.93. The number of benzene rings is 2. The summed E-state index contributed by atoms with van der Waals surface area (Å²) in [5, 5.41) is 21.7. The smallest absolute Gasteiger partial charge is 0.242 e. The number of hydrogen-bond donors (Lipinski definition) is 2. The van der Waals surface area contributed by atoms with Gasteiger partial charge >= 0.3 is 0 Å². The minimum Gasteiger partial charge on any atom is -0.503 e. The molecule has 0 radical (unpaired) electrons. The Kier molecular flexibility index (Phi) is 4.67. The summed E-state index contributed by atoms with van der Waals surface area (Å²) >= 11 is 1.02. The van der Waals surface area contributed by atoms with Crippen LogP contribution in [-0.2, 0) is 0 Å². The molecule has 5 aromatic rings. The fraction of sp³-hybridized carbons (Fsp3) is 0. The molecule has 0 unspecified atom stereocenters. The Balaban J connectivity index is 1.84. The molecule has 0 atom stereocenters. The number of aromatic nitrogens is 3. The lowest BCUT2D eigenvalue weighted by Crippen LogP contribution is -2.06. The van der Waals surface area contributed by atoms with Gasteiger partial charge in [0.15, 0.2) is 10.9 Å². The Labute approximate surface area is 183 Å². The van der Waals surface area contributed by atoms with Gasteiger partial charge in [-0.3, -0.25) is 14.3 Å². The van der Waals surface area contributed by atoms with Gasteiger partial charge < -0.3 is 10.2 Å². The van der Waals surface area contributed by atoms with E-state index in [0.717, 1.165) is 15.9 Å². The molecule has 158 valence electrons. The molecule has 0 spiro atoms. The number of pyridine rings is 1.